The molecular formula is C18H24N2O3S. The predicted molar refractivity (Wildman–Crippen MR) is 96.6 cm³/mol. The normalized spacial score (nSPS) is 14.5. The van der Waals surface area contributed by atoms with Crippen molar-refractivity contribution < 1.29 is 14.6 Å². The van der Waals surface area contributed by atoms with Crippen molar-refractivity contribution in [1.82, 2.24) is 10.6 Å². The minimum Gasteiger partial charge on any atom is -0.497 e. The first kappa shape index (κ1) is 18.3. The number of methoxy groups -OCH3 is 1. The van der Waals surface area contributed by atoms with Gasteiger partial charge in [-0.3, -0.25) is 0 Å². The molecule has 1 aromatic carbocycles. The van der Waals surface area contributed by atoms with E-state index >= 15 is 0 Å². The summed E-state index contributed by atoms with van der Waals surface area (Å²) < 4.78 is 5.20. The minimum absolute atomic E-state index is 0.0387. The highest BCUT2D eigenvalue weighted by Gasteiger charge is 2.24. The van der Waals surface area contributed by atoms with Crippen LogP contribution in [-0.4, -0.2) is 30.8 Å². The number of hydrogen-bond acceptors (Lipinski definition) is 4. The topological polar surface area (TPSA) is 70.6 Å². The number of thiophene rings is 1. The van der Waals surface area contributed by atoms with Crippen molar-refractivity contribution in [1.29, 1.82) is 0 Å². The quantitative estimate of drug-likeness (QED) is 0.720. The van der Waals surface area contributed by atoms with E-state index in [9.17, 15) is 9.90 Å². The number of benzene rings is 1. The van der Waals surface area contributed by atoms with E-state index in [0.717, 1.165) is 16.9 Å². The molecule has 130 valence electrons. The lowest BCUT2D eigenvalue weighted by atomic mass is 9.99. The van der Waals surface area contributed by atoms with Gasteiger partial charge >= 0.3 is 6.03 Å². The van der Waals surface area contributed by atoms with Gasteiger partial charge in [-0.05, 0) is 60.4 Å². The molecule has 2 atom stereocenters. The smallest absolute Gasteiger partial charge is 0.315 e. The van der Waals surface area contributed by atoms with Gasteiger partial charge < -0.3 is 20.5 Å². The van der Waals surface area contributed by atoms with Gasteiger partial charge in [0, 0.05) is 6.04 Å². The van der Waals surface area contributed by atoms with Crippen molar-refractivity contribution in [3.63, 3.8) is 0 Å². The Balaban J connectivity index is 1.81. The molecule has 0 aliphatic carbocycles. The molecule has 5 nitrogen and oxygen atoms in total. The second kappa shape index (κ2) is 8.17. The fourth-order valence-corrected chi connectivity index (χ4v) is 3.19. The van der Waals surface area contributed by atoms with Gasteiger partial charge in [-0.1, -0.05) is 12.1 Å². The largest absolute Gasteiger partial charge is 0.497 e. The average molecular weight is 348 g/mol. The van der Waals surface area contributed by atoms with E-state index in [1.54, 1.807) is 14.0 Å². The van der Waals surface area contributed by atoms with Crippen LogP contribution in [0.4, 0.5) is 4.79 Å². The molecule has 0 fully saturated rings. The van der Waals surface area contributed by atoms with Crippen LogP contribution >= 0.6 is 11.3 Å². The number of urea groups is 1. The van der Waals surface area contributed by atoms with Crippen LogP contribution in [0.1, 0.15) is 25.0 Å². The van der Waals surface area contributed by atoms with Gasteiger partial charge in [0.25, 0.3) is 0 Å². The van der Waals surface area contributed by atoms with Gasteiger partial charge in [-0.15, -0.1) is 0 Å². The highest BCUT2D eigenvalue weighted by molar-refractivity contribution is 7.08. The molecule has 0 bridgehead atoms. The minimum atomic E-state index is -1.08. The highest BCUT2D eigenvalue weighted by Crippen LogP contribution is 2.22. The Bertz CT molecular complexity index is 656. The Morgan fingerprint density at radius 2 is 2.21 bits per heavy atom. The maximum Gasteiger partial charge on any atom is 0.315 e. The summed E-state index contributed by atoms with van der Waals surface area (Å²) in [5.41, 5.74) is 0.817. The molecule has 0 radical (unpaired) electrons. The van der Waals surface area contributed by atoms with E-state index in [2.05, 4.69) is 10.6 Å². The molecular weight excluding hydrogens is 324 g/mol. The molecule has 1 aromatic heterocycles. The van der Waals surface area contributed by atoms with Crippen LogP contribution in [0.5, 0.6) is 5.75 Å². The van der Waals surface area contributed by atoms with Crippen LogP contribution in [0.3, 0.4) is 0 Å². The van der Waals surface area contributed by atoms with Crippen molar-refractivity contribution >= 4 is 17.4 Å². The summed E-state index contributed by atoms with van der Waals surface area (Å²) in [7, 11) is 1.63. The molecule has 3 N–H and O–H groups in total. The summed E-state index contributed by atoms with van der Waals surface area (Å²) in [6, 6.07) is 9.30. The zero-order chi connectivity index (χ0) is 17.6. The molecule has 0 aliphatic heterocycles. The van der Waals surface area contributed by atoms with E-state index < -0.39 is 5.60 Å². The van der Waals surface area contributed by atoms with Crippen LogP contribution in [0.2, 0.25) is 0 Å². The van der Waals surface area contributed by atoms with Crippen LogP contribution in [-0.2, 0) is 12.0 Å². The van der Waals surface area contributed by atoms with Crippen LogP contribution in [0.25, 0.3) is 0 Å². The van der Waals surface area contributed by atoms with Crippen molar-refractivity contribution in [3.05, 3.63) is 52.2 Å². The van der Waals surface area contributed by atoms with Gasteiger partial charge in [-0.2, -0.15) is 11.3 Å². The number of amides is 2. The number of aliphatic hydroxyl groups is 1. The van der Waals surface area contributed by atoms with Gasteiger partial charge in [0.1, 0.15) is 11.4 Å². The third-order valence-electron chi connectivity index (χ3n) is 3.79. The zero-order valence-electron chi connectivity index (χ0n) is 14.2. The Kier molecular flexibility index (Phi) is 6.23. The van der Waals surface area contributed by atoms with Crippen molar-refractivity contribution in [2.24, 2.45) is 0 Å². The molecule has 0 aliphatic rings. The molecule has 0 unspecified atom stereocenters. The van der Waals surface area contributed by atoms with Gasteiger partial charge in [0.05, 0.1) is 13.7 Å². The zero-order valence-corrected chi connectivity index (χ0v) is 15.0. The maximum atomic E-state index is 12.0. The lowest BCUT2D eigenvalue weighted by Gasteiger charge is -2.23. The van der Waals surface area contributed by atoms with E-state index in [0.29, 0.717) is 6.42 Å². The summed E-state index contributed by atoms with van der Waals surface area (Å²) in [4.78, 5) is 12.0. The number of hydrogen-bond donors (Lipinski definition) is 3. The molecule has 24 heavy (non-hydrogen) atoms. The summed E-state index contributed by atoms with van der Waals surface area (Å²) in [6.45, 7) is 3.78. The first-order valence-electron chi connectivity index (χ1n) is 7.83. The Hall–Kier alpha value is -2.05. The molecule has 2 rings (SSSR count). The van der Waals surface area contributed by atoms with Gasteiger partial charge in [-0.25, -0.2) is 4.79 Å². The second-order valence-corrected chi connectivity index (χ2v) is 6.85. The third-order valence-corrected chi connectivity index (χ3v) is 4.47. The number of carbonyl (C=O) groups excluding carboxylic acids is 1. The van der Waals surface area contributed by atoms with Crippen molar-refractivity contribution in [3.8, 4) is 5.75 Å². The lowest BCUT2D eigenvalue weighted by Crippen LogP contribution is -2.46. The van der Waals surface area contributed by atoms with Crippen LogP contribution in [0.15, 0.2) is 41.1 Å². The van der Waals surface area contributed by atoms with Crippen molar-refractivity contribution in [2.75, 3.05) is 13.7 Å². The first-order valence-corrected chi connectivity index (χ1v) is 8.77. The number of carbonyl (C=O) groups is 1. The standard InChI is InChI=1S/C18H24N2O3S/c1-13(9-14-5-4-6-16(10-14)23-3)20-17(21)19-12-18(2,22)15-7-8-24-11-15/h4-8,10-11,13,22H,9,12H2,1-3H3,(H2,19,20,21)/t13-,18+/m0/s1. The summed E-state index contributed by atoms with van der Waals surface area (Å²) >= 11 is 1.52. The fourth-order valence-electron chi connectivity index (χ4n) is 2.40. The van der Waals surface area contributed by atoms with Crippen LogP contribution < -0.4 is 15.4 Å². The number of ether oxygens (including phenoxy) is 1. The molecule has 2 aromatic rings. The SMILES string of the molecule is COc1cccc(C[C@H](C)NC(=O)NC[C@@](C)(O)c2ccsc2)c1. The third kappa shape index (κ3) is 5.25. The molecule has 0 saturated carbocycles. The Morgan fingerprint density at radius 3 is 2.88 bits per heavy atom. The predicted octanol–water partition coefficient (Wildman–Crippen LogP) is 2.89. The first-order chi connectivity index (χ1) is 11.4. The molecule has 0 spiro atoms. The summed E-state index contributed by atoms with van der Waals surface area (Å²) in [6.07, 6.45) is 0.700. The summed E-state index contributed by atoms with van der Waals surface area (Å²) in [5, 5.41) is 19.8. The lowest BCUT2D eigenvalue weighted by molar-refractivity contribution is 0.0597. The molecule has 6 heteroatoms. The maximum absolute atomic E-state index is 12.0. The Labute approximate surface area is 146 Å². The highest BCUT2D eigenvalue weighted by atomic mass is 32.1. The molecule has 0 saturated heterocycles. The number of rotatable bonds is 7. The molecule has 2 amide bonds. The Morgan fingerprint density at radius 1 is 1.42 bits per heavy atom. The average Bonchev–Trinajstić information content (AvgIpc) is 3.08. The monoisotopic (exact) mass is 348 g/mol. The van der Waals surface area contributed by atoms with Gasteiger partial charge in [0.2, 0.25) is 0 Å². The van der Waals surface area contributed by atoms with Crippen molar-refractivity contribution in [2.45, 2.75) is 31.9 Å². The van der Waals surface area contributed by atoms with E-state index in [-0.39, 0.29) is 18.6 Å². The van der Waals surface area contributed by atoms with Crippen LogP contribution in [0, 0.1) is 0 Å². The number of nitrogens with one attached hydrogen (secondary N) is 2. The molecule has 1 heterocycles. The van der Waals surface area contributed by atoms with E-state index in [4.69, 9.17) is 4.74 Å². The van der Waals surface area contributed by atoms with E-state index in [1.165, 1.54) is 11.3 Å². The summed E-state index contributed by atoms with van der Waals surface area (Å²) in [5.74, 6) is 0.802. The van der Waals surface area contributed by atoms with E-state index in [1.807, 2.05) is 48.0 Å². The second-order valence-electron chi connectivity index (χ2n) is 6.07. The van der Waals surface area contributed by atoms with Gasteiger partial charge in [0.15, 0.2) is 0 Å². The fraction of sp³-hybridized carbons (Fsp3) is 0.389.